The molecule has 0 bridgehead atoms. The molecule has 1 unspecified atom stereocenters. The second-order valence-electron chi connectivity index (χ2n) is 6.26. The van der Waals surface area contributed by atoms with E-state index in [-0.39, 0.29) is 17.5 Å². The number of allylic oxidation sites excluding steroid dienone is 2. The highest BCUT2D eigenvalue weighted by Gasteiger charge is 2.30. The minimum absolute atomic E-state index is 0.0652. The standard InChI is InChI=1S/C19H27NO2/c1-4-14-8-12(3)9-15(5-2)18(14)19-16(21)10-13(6-7-20)11-17(19)22/h8-9,13,21H,4-7,10-11,20H2,1-3H3. The lowest BCUT2D eigenvalue weighted by Crippen LogP contribution is -2.22. The maximum Gasteiger partial charge on any atom is 0.167 e. The Morgan fingerprint density at radius 1 is 1.18 bits per heavy atom. The Morgan fingerprint density at radius 2 is 1.77 bits per heavy atom. The molecule has 1 aliphatic rings. The van der Waals surface area contributed by atoms with E-state index in [1.54, 1.807) is 0 Å². The van der Waals surface area contributed by atoms with E-state index in [1.165, 1.54) is 5.56 Å². The average molecular weight is 301 g/mol. The smallest absolute Gasteiger partial charge is 0.167 e. The summed E-state index contributed by atoms with van der Waals surface area (Å²) >= 11 is 0. The van der Waals surface area contributed by atoms with E-state index in [1.807, 2.05) is 0 Å². The maximum atomic E-state index is 12.7. The maximum absolute atomic E-state index is 12.7. The number of aryl methyl sites for hydroxylation is 3. The van der Waals surface area contributed by atoms with Crippen molar-refractivity contribution in [2.24, 2.45) is 11.7 Å². The van der Waals surface area contributed by atoms with Crippen LogP contribution < -0.4 is 5.73 Å². The van der Waals surface area contributed by atoms with Gasteiger partial charge < -0.3 is 10.8 Å². The van der Waals surface area contributed by atoms with Gasteiger partial charge in [-0.05, 0) is 55.3 Å². The second-order valence-corrected chi connectivity index (χ2v) is 6.26. The molecule has 22 heavy (non-hydrogen) atoms. The normalized spacial score (nSPS) is 18.9. The fraction of sp³-hybridized carbons (Fsp3) is 0.526. The quantitative estimate of drug-likeness (QED) is 0.871. The lowest BCUT2D eigenvalue weighted by atomic mass is 9.79. The van der Waals surface area contributed by atoms with Gasteiger partial charge in [0.25, 0.3) is 0 Å². The number of carbonyl (C=O) groups excluding carboxylic acids is 1. The monoisotopic (exact) mass is 301 g/mol. The molecule has 0 spiro atoms. The van der Waals surface area contributed by atoms with Crippen molar-refractivity contribution >= 4 is 11.4 Å². The van der Waals surface area contributed by atoms with Gasteiger partial charge in [0, 0.05) is 12.8 Å². The van der Waals surface area contributed by atoms with Gasteiger partial charge in [-0.1, -0.05) is 31.5 Å². The minimum atomic E-state index is 0.0652. The molecule has 1 aromatic rings. The first-order chi connectivity index (χ1) is 10.5. The molecule has 0 aromatic heterocycles. The van der Waals surface area contributed by atoms with Gasteiger partial charge in [0.1, 0.15) is 5.76 Å². The van der Waals surface area contributed by atoms with Gasteiger partial charge in [0.2, 0.25) is 0 Å². The predicted molar refractivity (Wildman–Crippen MR) is 90.9 cm³/mol. The van der Waals surface area contributed by atoms with Crippen LogP contribution >= 0.6 is 0 Å². The third kappa shape index (κ3) is 3.25. The van der Waals surface area contributed by atoms with E-state index in [4.69, 9.17) is 5.73 Å². The molecular formula is C19H27NO2. The van der Waals surface area contributed by atoms with Gasteiger partial charge in [-0.15, -0.1) is 0 Å². The van der Waals surface area contributed by atoms with E-state index < -0.39 is 0 Å². The molecular weight excluding hydrogens is 274 g/mol. The van der Waals surface area contributed by atoms with Crippen LogP contribution in [0.1, 0.15) is 55.4 Å². The van der Waals surface area contributed by atoms with Crippen LogP contribution in [-0.4, -0.2) is 17.4 Å². The predicted octanol–water partition coefficient (Wildman–Crippen LogP) is 3.72. The summed E-state index contributed by atoms with van der Waals surface area (Å²) in [5.74, 6) is 0.500. The highest BCUT2D eigenvalue weighted by atomic mass is 16.3. The molecule has 3 nitrogen and oxygen atoms in total. The summed E-state index contributed by atoms with van der Waals surface area (Å²) in [6, 6.07) is 4.27. The molecule has 2 rings (SSSR count). The lowest BCUT2D eigenvalue weighted by molar-refractivity contribution is -0.115. The Labute approximate surface area is 133 Å². The first kappa shape index (κ1) is 16.8. The van der Waals surface area contributed by atoms with Crippen molar-refractivity contribution < 1.29 is 9.90 Å². The summed E-state index contributed by atoms with van der Waals surface area (Å²) < 4.78 is 0. The summed E-state index contributed by atoms with van der Waals surface area (Å²) in [6.45, 7) is 6.83. The van der Waals surface area contributed by atoms with Crippen LogP contribution in [0.3, 0.4) is 0 Å². The third-order valence-electron chi connectivity index (χ3n) is 4.56. The van der Waals surface area contributed by atoms with E-state index in [0.717, 1.165) is 36.0 Å². The van der Waals surface area contributed by atoms with Crippen LogP contribution in [0.25, 0.3) is 5.57 Å². The molecule has 1 aromatic carbocycles. The van der Waals surface area contributed by atoms with Gasteiger partial charge in [0.05, 0.1) is 5.57 Å². The summed E-state index contributed by atoms with van der Waals surface area (Å²) in [7, 11) is 0. The molecule has 1 aliphatic carbocycles. The van der Waals surface area contributed by atoms with Crippen LogP contribution in [0.4, 0.5) is 0 Å². The molecule has 0 heterocycles. The van der Waals surface area contributed by atoms with E-state index in [9.17, 15) is 9.90 Å². The number of aliphatic hydroxyl groups is 1. The van der Waals surface area contributed by atoms with Gasteiger partial charge in [-0.2, -0.15) is 0 Å². The van der Waals surface area contributed by atoms with Gasteiger partial charge in [-0.3, -0.25) is 4.79 Å². The van der Waals surface area contributed by atoms with Crippen molar-refractivity contribution in [3.05, 3.63) is 40.1 Å². The molecule has 0 fully saturated rings. The Bertz CT molecular complexity index is 576. The fourth-order valence-corrected chi connectivity index (χ4v) is 3.52. The van der Waals surface area contributed by atoms with E-state index >= 15 is 0 Å². The van der Waals surface area contributed by atoms with Gasteiger partial charge in [0.15, 0.2) is 5.78 Å². The minimum Gasteiger partial charge on any atom is -0.512 e. The van der Waals surface area contributed by atoms with Crippen molar-refractivity contribution in [1.29, 1.82) is 0 Å². The summed E-state index contributed by atoms with van der Waals surface area (Å²) in [6.07, 6.45) is 3.58. The molecule has 3 heteroatoms. The molecule has 120 valence electrons. The molecule has 0 aliphatic heterocycles. The Hall–Kier alpha value is -1.61. The number of aliphatic hydroxyl groups excluding tert-OH is 1. The molecule has 1 atom stereocenters. The Kier molecular flexibility index (Phi) is 5.41. The van der Waals surface area contributed by atoms with Crippen LogP contribution in [0.15, 0.2) is 17.9 Å². The lowest BCUT2D eigenvalue weighted by Gasteiger charge is -2.26. The molecule has 0 amide bonds. The SMILES string of the molecule is CCc1cc(C)cc(CC)c1C1=C(O)CC(CCN)CC1=O. The number of hydrogen-bond acceptors (Lipinski definition) is 3. The molecule has 3 N–H and O–H groups in total. The number of carbonyl (C=O) groups is 1. The van der Waals surface area contributed by atoms with Crippen molar-refractivity contribution in [2.45, 2.75) is 52.9 Å². The van der Waals surface area contributed by atoms with E-state index in [2.05, 4.69) is 32.9 Å². The Balaban J connectivity index is 2.55. The van der Waals surface area contributed by atoms with Crippen molar-refractivity contribution in [3.63, 3.8) is 0 Å². The van der Waals surface area contributed by atoms with Crippen molar-refractivity contribution in [3.8, 4) is 0 Å². The number of ketones is 1. The number of benzene rings is 1. The zero-order chi connectivity index (χ0) is 16.3. The summed E-state index contributed by atoms with van der Waals surface area (Å²) in [4.78, 5) is 12.7. The number of nitrogens with two attached hydrogens (primary N) is 1. The van der Waals surface area contributed by atoms with Crippen molar-refractivity contribution in [2.75, 3.05) is 6.54 Å². The van der Waals surface area contributed by atoms with Crippen LogP contribution in [0.5, 0.6) is 0 Å². The highest BCUT2D eigenvalue weighted by molar-refractivity contribution is 6.22. The molecule has 0 radical (unpaired) electrons. The van der Waals surface area contributed by atoms with E-state index in [0.29, 0.717) is 25.0 Å². The van der Waals surface area contributed by atoms with Crippen molar-refractivity contribution in [1.82, 2.24) is 0 Å². The molecule has 0 saturated heterocycles. The van der Waals surface area contributed by atoms with Gasteiger partial charge in [-0.25, -0.2) is 0 Å². The summed E-state index contributed by atoms with van der Waals surface area (Å²) in [5, 5.41) is 10.5. The van der Waals surface area contributed by atoms with Gasteiger partial charge >= 0.3 is 0 Å². The zero-order valence-electron chi connectivity index (χ0n) is 13.9. The zero-order valence-corrected chi connectivity index (χ0v) is 13.9. The fourth-order valence-electron chi connectivity index (χ4n) is 3.52. The van der Waals surface area contributed by atoms with Crippen LogP contribution in [-0.2, 0) is 17.6 Å². The second kappa shape index (κ2) is 7.10. The number of hydrogen-bond donors (Lipinski definition) is 2. The van der Waals surface area contributed by atoms with Crippen LogP contribution in [0, 0.1) is 12.8 Å². The number of rotatable bonds is 5. The largest absolute Gasteiger partial charge is 0.512 e. The Morgan fingerprint density at radius 3 is 2.23 bits per heavy atom. The first-order valence-corrected chi connectivity index (χ1v) is 8.29. The molecule has 0 saturated carbocycles. The third-order valence-corrected chi connectivity index (χ3v) is 4.56. The highest BCUT2D eigenvalue weighted by Crippen LogP contribution is 2.37. The topological polar surface area (TPSA) is 63.3 Å². The number of Topliss-reactive ketones (excluding diaryl/α,β-unsaturated/α-hetero) is 1. The first-order valence-electron chi connectivity index (χ1n) is 8.29. The van der Waals surface area contributed by atoms with Crippen LogP contribution in [0.2, 0.25) is 0 Å². The average Bonchev–Trinajstić information content (AvgIpc) is 2.47. The summed E-state index contributed by atoms with van der Waals surface area (Å²) in [5.41, 5.74) is 10.7.